The van der Waals surface area contributed by atoms with Crippen molar-refractivity contribution in [3.05, 3.63) is 70.9 Å². The maximum atomic E-state index is 15.2. The number of halogens is 2. The lowest BCUT2D eigenvalue weighted by Gasteiger charge is -2.23. The van der Waals surface area contributed by atoms with Gasteiger partial charge in [0.25, 0.3) is 0 Å². The summed E-state index contributed by atoms with van der Waals surface area (Å²) in [4.78, 5) is 26.2. The summed E-state index contributed by atoms with van der Waals surface area (Å²) in [5, 5.41) is 4.10. The number of aryl methyl sites for hydroxylation is 2. The molecule has 0 saturated carbocycles. The summed E-state index contributed by atoms with van der Waals surface area (Å²) in [6.07, 6.45) is 1.40. The third kappa shape index (κ3) is 4.67. The fourth-order valence-corrected chi connectivity index (χ4v) is 3.75. The summed E-state index contributed by atoms with van der Waals surface area (Å²) in [7, 11) is 1.56. The van der Waals surface area contributed by atoms with Crippen molar-refractivity contribution in [2.75, 3.05) is 30.5 Å². The zero-order valence-electron chi connectivity index (χ0n) is 18.4. The molecule has 2 amide bonds. The fourth-order valence-electron chi connectivity index (χ4n) is 3.63. The predicted molar refractivity (Wildman–Crippen MR) is 128 cm³/mol. The van der Waals surface area contributed by atoms with Crippen LogP contribution in [-0.4, -0.2) is 41.2 Å². The van der Waals surface area contributed by atoms with Gasteiger partial charge in [-0.1, -0.05) is 11.6 Å². The van der Waals surface area contributed by atoms with Gasteiger partial charge in [-0.3, -0.25) is 4.90 Å². The van der Waals surface area contributed by atoms with Gasteiger partial charge in [0.15, 0.2) is 0 Å². The summed E-state index contributed by atoms with van der Waals surface area (Å²) in [6.45, 7) is 4.53. The average molecular weight is 468 g/mol. The standard InChI is InChI=1S/C24H23ClFN5O2/c1-14-15(2)29-23-21(14)22(27-13-28-23)19-9-6-17(12-20(19)26)30-24(32)31(10-11-33-3)18-7-4-16(25)5-8-18/h4-9,12-13H,10-11H2,1-3H3,(H,30,32)(H,27,28,29). The lowest BCUT2D eigenvalue weighted by molar-refractivity contribution is 0.204. The topological polar surface area (TPSA) is 83.1 Å². The second-order valence-corrected chi connectivity index (χ2v) is 8.00. The van der Waals surface area contributed by atoms with E-state index < -0.39 is 11.8 Å². The van der Waals surface area contributed by atoms with E-state index in [-0.39, 0.29) is 0 Å². The molecule has 0 aliphatic rings. The summed E-state index contributed by atoms with van der Waals surface area (Å²) >= 11 is 5.96. The molecule has 0 spiro atoms. The van der Waals surface area contributed by atoms with Crippen molar-refractivity contribution in [2.45, 2.75) is 13.8 Å². The summed E-state index contributed by atoms with van der Waals surface area (Å²) in [6, 6.07) is 11.0. The van der Waals surface area contributed by atoms with Crippen molar-refractivity contribution in [3.63, 3.8) is 0 Å². The Balaban J connectivity index is 1.61. The molecule has 33 heavy (non-hydrogen) atoms. The van der Waals surface area contributed by atoms with Crippen LogP contribution in [-0.2, 0) is 4.74 Å². The number of carbonyl (C=O) groups excluding carboxylic acids is 1. The molecule has 0 atom stereocenters. The van der Waals surface area contributed by atoms with Gasteiger partial charge in [-0.2, -0.15) is 0 Å². The number of hydrogen-bond donors (Lipinski definition) is 2. The molecule has 2 aromatic heterocycles. The molecule has 0 bridgehead atoms. The molecule has 170 valence electrons. The van der Waals surface area contributed by atoms with E-state index in [4.69, 9.17) is 16.3 Å². The van der Waals surface area contributed by atoms with E-state index in [2.05, 4.69) is 20.3 Å². The number of hydrogen-bond acceptors (Lipinski definition) is 4. The summed E-state index contributed by atoms with van der Waals surface area (Å²) in [5.74, 6) is -0.499. The highest BCUT2D eigenvalue weighted by molar-refractivity contribution is 6.30. The second kappa shape index (κ2) is 9.56. The molecule has 2 aromatic carbocycles. The predicted octanol–water partition coefficient (Wildman–Crippen LogP) is 5.72. The molecule has 2 N–H and O–H groups in total. The van der Waals surface area contributed by atoms with Gasteiger partial charge >= 0.3 is 6.03 Å². The Hall–Kier alpha value is -3.49. The molecule has 2 heterocycles. The maximum Gasteiger partial charge on any atom is 0.326 e. The van der Waals surface area contributed by atoms with Crippen LogP contribution in [0.1, 0.15) is 11.3 Å². The quantitative estimate of drug-likeness (QED) is 0.380. The number of ether oxygens (including phenoxy) is 1. The fraction of sp³-hybridized carbons (Fsp3) is 0.208. The Labute approximate surface area is 195 Å². The van der Waals surface area contributed by atoms with E-state index in [9.17, 15) is 4.79 Å². The van der Waals surface area contributed by atoms with E-state index in [1.807, 2.05) is 13.8 Å². The van der Waals surface area contributed by atoms with Crippen molar-refractivity contribution in [2.24, 2.45) is 0 Å². The summed E-state index contributed by atoms with van der Waals surface area (Å²) in [5.41, 5.74) is 4.38. The number of nitrogens with one attached hydrogen (secondary N) is 2. The number of amides is 2. The molecule has 4 aromatic rings. The van der Waals surface area contributed by atoms with Crippen molar-refractivity contribution >= 4 is 40.0 Å². The SMILES string of the molecule is COCCN(C(=O)Nc1ccc(-c2ncnc3[nH]c(C)c(C)c23)c(F)c1)c1ccc(Cl)cc1. The van der Waals surface area contributed by atoms with Gasteiger partial charge in [0.05, 0.1) is 18.8 Å². The van der Waals surface area contributed by atoms with Gasteiger partial charge in [0, 0.05) is 40.2 Å². The van der Waals surface area contributed by atoms with Crippen LogP contribution in [0.15, 0.2) is 48.8 Å². The van der Waals surface area contributed by atoms with E-state index in [0.717, 1.165) is 16.6 Å². The van der Waals surface area contributed by atoms with Crippen LogP contribution in [0.5, 0.6) is 0 Å². The Kier molecular flexibility index (Phi) is 6.57. The van der Waals surface area contributed by atoms with E-state index in [0.29, 0.717) is 46.5 Å². The minimum atomic E-state index is -0.499. The van der Waals surface area contributed by atoms with Crippen LogP contribution in [0.25, 0.3) is 22.3 Å². The van der Waals surface area contributed by atoms with Gasteiger partial charge in [-0.15, -0.1) is 0 Å². The highest BCUT2D eigenvalue weighted by Crippen LogP contribution is 2.32. The normalized spacial score (nSPS) is 11.1. The molecule has 7 nitrogen and oxygen atoms in total. The number of aromatic nitrogens is 3. The van der Waals surface area contributed by atoms with Gasteiger partial charge in [0.1, 0.15) is 17.8 Å². The lowest BCUT2D eigenvalue weighted by Crippen LogP contribution is -2.37. The number of rotatable bonds is 6. The smallest absolute Gasteiger partial charge is 0.326 e. The van der Waals surface area contributed by atoms with Crippen LogP contribution in [0, 0.1) is 19.7 Å². The highest BCUT2D eigenvalue weighted by Gasteiger charge is 2.19. The molecule has 0 radical (unpaired) electrons. The monoisotopic (exact) mass is 467 g/mol. The number of aromatic amines is 1. The summed E-state index contributed by atoms with van der Waals surface area (Å²) < 4.78 is 20.3. The Morgan fingerprint density at radius 2 is 1.94 bits per heavy atom. The Morgan fingerprint density at radius 3 is 2.64 bits per heavy atom. The van der Waals surface area contributed by atoms with E-state index in [1.54, 1.807) is 43.5 Å². The largest absolute Gasteiger partial charge is 0.383 e. The van der Waals surface area contributed by atoms with Crippen molar-refractivity contribution in [1.82, 2.24) is 15.0 Å². The Bertz CT molecular complexity index is 1310. The van der Waals surface area contributed by atoms with Crippen LogP contribution >= 0.6 is 11.6 Å². The maximum absolute atomic E-state index is 15.2. The van der Waals surface area contributed by atoms with Crippen molar-refractivity contribution in [1.29, 1.82) is 0 Å². The third-order valence-electron chi connectivity index (χ3n) is 5.47. The van der Waals surface area contributed by atoms with Crippen LogP contribution in [0.4, 0.5) is 20.6 Å². The average Bonchev–Trinajstić information content (AvgIpc) is 3.09. The molecule has 0 aliphatic heterocycles. The molecular weight excluding hydrogens is 445 g/mol. The number of carbonyl (C=O) groups is 1. The number of H-pyrrole nitrogens is 1. The molecule has 0 fully saturated rings. The first kappa shape index (κ1) is 22.7. The van der Waals surface area contributed by atoms with Gasteiger partial charge in [-0.05, 0) is 61.9 Å². The number of fused-ring (bicyclic) bond motifs is 1. The van der Waals surface area contributed by atoms with E-state index >= 15 is 4.39 Å². The molecular formula is C24H23ClFN5O2. The molecule has 0 aliphatic carbocycles. The zero-order chi connectivity index (χ0) is 23.5. The second-order valence-electron chi connectivity index (χ2n) is 7.57. The van der Waals surface area contributed by atoms with Crippen LogP contribution in [0.3, 0.4) is 0 Å². The molecule has 0 unspecified atom stereocenters. The van der Waals surface area contributed by atoms with Crippen LogP contribution < -0.4 is 10.2 Å². The minimum Gasteiger partial charge on any atom is -0.383 e. The molecule has 0 saturated heterocycles. The third-order valence-corrected chi connectivity index (χ3v) is 5.72. The first-order chi connectivity index (χ1) is 15.9. The Morgan fingerprint density at radius 1 is 1.18 bits per heavy atom. The lowest BCUT2D eigenvalue weighted by atomic mass is 10.0. The van der Waals surface area contributed by atoms with Gasteiger partial charge in [-0.25, -0.2) is 19.2 Å². The van der Waals surface area contributed by atoms with E-state index in [1.165, 1.54) is 17.3 Å². The molecule has 9 heteroatoms. The highest BCUT2D eigenvalue weighted by atomic mass is 35.5. The number of anilines is 2. The minimum absolute atomic E-state index is 0.315. The van der Waals surface area contributed by atoms with Gasteiger partial charge < -0.3 is 15.0 Å². The zero-order valence-corrected chi connectivity index (χ0v) is 19.2. The first-order valence-electron chi connectivity index (χ1n) is 10.3. The van der Waals surface area contributed by atoms with Gasteiger partial charge in [0.2, 0.25) is 0 Å². The number of benzene rings is 2. The number of urea groups is 1. The number of nitrogens with zero attached hydrogens (tertiary/aromatic N) is 3. The number of methoxy groups -OCH3 is 1. The van der Waals surface area contributed by atoms with Crippen molar-refractivity contribution in [3.8, 4) is 11.3 Å². The first-order valence-corrected chi connectivity index (χ1v) is 10.7. The van der Waals surface area contributed by atoms with Crippen molar-refractivity contribution < 1.29 is 13.9 Å². The molecule has 4 rings (SSSR count). The van der Waals surface area contributed by atoms with Crippen LogP contribution in [0.2, 0.25) is 5.02 Å².